The third kappa shape index (κ3) is 3.31. The summed E-state index contributed by atoms with van der Waals surface area (Å²) in [6.45, 7) is 2.73. The van der Waals surface area contributed by atoms with Gasteiger partial charge in [0.1, 0.15) is 5.75 Å². The third-order valence-electron chi connectivity index (χ3n) is 3.70. The molecule has 1 aromatic carbocycles. The van der Waals surface area contributed by atoms with Gasteiger partial charge < -0.3 is 14.8 Å². The highest BCUT2D eigenvalue weighted by Crippen LogP contribution is 2.29. The van der Waals surface area contributed by atoms with Crippen LogP contribution in [0.15, 0.2) is 18.2 Å². The lowest BCUT2D eigenvalue weighted by atomic mass is 10.1. The molecule has 1 fully saturated rings. The molecule has 2 heterocycles. The highest BCUT2D eigenvalue weighted by Gasteiger charge is 2.23. The second kappa shape index (κ2) is 6.50. The maximum atomic E-state index is 12.0. The van der Waals surface area contributed by atoms with E-state index in [9.17, 15) is 4.79 Å². The van der Waals surface area contributed by atoms with E-state index in [0.29, 0.717) is 5.13 Å². The predicted molar refractivity (Wildman–Crippen MR) is 86.8 cm³/mol. The Hall–Kier alpha value is -1.86. The molecule has 0 bridgehead atoms. The second-order valence-corrected chi connectivity index (χ2v) is 6.32. The molecular formula is C15H19N3O3S. The van der Waals surface area contributed by atoms with Crippen LogP contribution in [0.4, 0.5) is 9.93 Å². The SMILES string of the molecule is COc1ccc2nc(NC(=O)N[C@H](C)[C@H]3CCCO3)sc2c1. The number of ether oxygens (including phenoxy) is 2. The van der Waals surface area contributed by atoms with E-state index in [1.54, 1.807) is 7.11 Å². The summed E-state index contributed by atoms with van der Waals surface area (Å²) in [6, 6.07) is 5.37. The normalized spacial score (nSPS) is 19.1. The van der Waals surface area contributed by atoms with E-state index in [0.717, 1.165) is 35.4 Å². The molecule has 0 spiro atoms. The van der Waals surface area contributed by atoms with E-state index in [2.05, 4.69) is 15.6 Å². The zero-order chi connectivity index (χ0) is 15.5. The fourth-order valence-corrected chi connectivity index (χ4v) is 3.40. The lowest BCUT2D eigenvalue weighted by molar-refractivity contribution is 0.0868. The van der Waals surface area contributed by atoms with Gasteiger partial charge in [-0.05, 0) is 38.0 Å². The number of thiazole rings is 1. The Balaban J connectivity index is 1.63. The van der Waals surface area contributed by atoms with E-state index in [4.69, 9.17) is 9.47 Å². The van der Waals surface area contributed by atoms with Gasteiger partial charge in [0.05, 0.1) is 29.5 Å². The molecule has 1 aliphatic rings. The average molecular weight is 321 g/mol. The average Bonchev–Trinajstić information content (AvgIpc) is 3.15. The van der Waals surface area contributed by atoms with Crippen LogP contribution in [0.25, 0.3) is 10.2 Å². The molecule has 2 atom stereocenters. The summed E-state index contributed by atoms with van der Waals surface area (Å²) in [7, 11) is 1.63. The van der Waals surface area contributed by atoms with Crippen molar-refractivity contribution in [1.82, 2.24) is 10.3 Å². The number of hydrogen-bond acceptors (Lipinski definition) is 5. The van der Waals surface area contributed by atoms with Crippen LogP contribution in [-0.2, 0) is 4.74 Å². The fraction of sp³-hybridized carbons (Fsp3) is 0.467. The van der Waals surface area contributed by atoms with Gasteiger partial charge in [-0.3, -0.25) is 5.32 Å². The van der Waals surface area contributed by atoms with Crippen molar-refractivity contribution in [3.05, 3.63) is 18.2 Å². The number of nitrogens with one attached hydrogen (secondary N) is 2. The smallest absolute Gasteiger partial charge is 0.321 e. The number of amides is 2. The van der Waals surface area contributed by atoms with Gasteiger partial charge in [-0.25, -0.2) is 9.78 Å². The summed E-state index contributed by atoms with van der Waals surface area (Å²) in [5, 5.41) is 6.26. The van der Waals surface area contributed by atoms with Crippen molar-refractivity contribution >= 4 is 32.7 Å². The summed E-state index contributed by atoms with van der Waals surface area (Å²) in [5.74, 6) is 0.777. The number of anilines is 1. The van der Waals surface area contributed by atoms with Crippen LogP contribution in [0.2, 0.25) is 0 Å². The molecule has 22 heavy (non-hydrogen) atoms. The van der Waals surface area contributed by atoms with Crippen LogP contribution in [-0.4, -0.2) is 36.9 Å². The minimum absolute atomic E-state index is 0.0167. The number of hydrogen-bond donors (Lipinski definition) is 2. The molecule has 118 valence electrons. The van der Waals surface area contributed by atoms with Gasteiger partial charge in [-0.2, -0.15) is 0 Å². The molecule has 6 nitrogen and oxygen atoms in total. The number of nitrogens with zero attached hydrogens (tertiary/aromatic N) is 1. The monoisotopic (exact) mass is 321 g/mol. The predicted octanol–water partition coefficient (Wildman–Crippen LogP) is 2.99. The minimum atomic E-state index is -0.256. The zero-order valence-corrected chi connectivity index (χ0v) is 13.4. The summed E-state index contributed by atoms with van der Waals surface area (Å²) in [5.41, 5.74) is 0.841. The first-order chi connectivity index (χ1) is 10.7. The van der Waals surface area contributed by atoms with Crippen LogP contribution in [0.3, 0.4) is 0 Å². The van der Waals surface area contributed by atoms with E-state index in [-0.39, 0.29) is 18.2 Å². The van der Waals surface area contributed by atoms with Crippen LogP contribution >= 0.6 is 11.3 Å². The van der Waals surface area contributed by atoms with E-state index in [1.165, 1.54) is 11.3 Å². The largest absolute Gasteiger partial charge is 0.497 e. The van der Waals surface area contributed by atoms with Gasteiger partial charge in [0.15, 0.2) is 5.13 Å². The Morgan fingerprint density at radius 3 is 3.14 bits per heavy atom. The summed E-state index contributed by atoms with van der Waals surface area (Å²) < 4.78 is 11.7. The quantitative estimate of drug-likeness (QED) is 0.908. The molecule has 1 aliphatic heterocycles. The second-order valence-electron chi connectivity index (χ2n) is 5.29. The minimum Gasteiger partial charge on any atom is -0.497 e. The molecule has 0 unspecified atom stereocenters. The third-order valence-corrected chi connectivity index (χ3v) is 4.63. The Morgan fingerprint density at radius 2 is 2.41 bits per heavy atom. The van der Waals surface area contributed by atoms with Gasteiger partial charge in [-0.1, -0.05) is 11.3 Å². The molecule has 0 aliphatic carbocycles. The van der Waals surface area contributed by atoms with Gasteiger partial charge in [0, 0.05) is 6.61 Å². The molecule has 3 rings (SSSR count). The van der Waals surface area contributed by atoms with Gasteiger partial charge in [0.25, 0.3) is 0 Å². The lowest BCUT2D eigenvalue weighted by Crippen LogP contribution is -2.42. The number of carbonyl (C=O) groups is 1. The zero-order valence-electron chi connectivity index (χ0n) is 12.6. The number of rotatable bonds is 4. The van der Waals surface area contributed by atoms with Crippen LogP contribution < -0.4 is 15.4 Å². The summed E-state index contributed by atoms with van der Waals surface area (Å²) >= 11 is 1.42. The highest BCUT2D eigenvalue weighted by molar-refractivity contribution is 7.22. The Kier molecular flexibility index (Phi) is 4.44. The fourth-order valence-electron chi connectivity index (χ4n) is 2.52. The molecule has 0 radical (unpaired) electrons. The van der Waals surface area contributed by atoms with E-state index < -0.39 is 0 Å². The first kappa shape index (κ1) is 15.1. The summed E-state index contributed by atoms with van der Waals surface area (Å²) in [6.07, 6.45) is 2.14. The Labute approximate surface area is 132 Å². The standard InChI is InChI=1S/C15H19N3O3S/c1-9(12-4-3-7-21-12)16-14(19)18-15-17-11-6-5-10(20-2)8-13(11)22-15/h5-6,8-9,12H,3-4,7H2,1-2H3,(H2,16,17,18,19)/t9-,12-/m1/s1. The van der Waals surface area contributed by atoms with Crippen LogP contribution in [0.5, 0.6) is 5.75 Å². The maximum absolute atomic E-state index is 12.0. The molecule has 2 amide bonds. The molecule has 1 aromatic heterocycles. The number of urea groups is 1. The van der Waals surface area contributed by atoms with Crippen molar-refractivity contribution in [2.24, 2.45) is 0 Å². The number of carbonyl (C=O) groups excluding carboxylic acids is 1. The Morgan fingerprint density at radius 1 is 1.55 bits per heavy atom. The number of fused-ring (bicyclic) bond motifs is 1. The van der Waals surface area contributed by atoms with Gasteiger partial charge in [-0.15, -0.1) is 0 Å². The number of benzene rings is 1. The highest BCUT2D eigenvalue weighted by atomic mass is 32.1. The van der Waals surface area contributed by atoms with Crippen molar-refractivity contribution < 1.29 is 14.3 Å². The first-order valence-corrected chi connectivity index (χ1v) is 8.11. The van der Waals surface area contributed by atoms with Crippen molar-refractivity contribution in [3.63, 3.8) is 0 Å². The topological polar surface area (TPSA) is 72.5 Å². The molecule has 7 heteroatoms. The number of aromatic nitrogens is 1. The Bertz CT molecular complexity index is 667. The lowest BCUT2D eigenvalue weighted by Gasteiger charge is -2.19. The van der Waals surface area contributed by atoms with Crippen molar-refractivity contribution in [3.8, 4) is 5.75 Å². The molecule has 0 saturated carbocycles. The maximum Gasteiger partial charge on any atom is 0.321 e. The first-order valence-electron chi connectivity index (χ1n) is 7.29. The van der Waals surface area contributed by atoms with Crippen LogP contribution in [0, 0.1) is 0 Å². The molecule has 1 saturated heterocycles. The van der Waals surface area contributed by atoms with E-state index >= 15 is 0 Å². The van der Waals surface area contributed by atoms with Crippen molar-refractivity contribution in [2.45, 2.75) is 31.9 Å². The van der Waals surface area contributed by atoms with Crippen molar-refractivity contribution in [1.29, 1.82) is 0 Å². The van der Waals surface area contributed by atoms with Gasteiger partial charge in [0.2, 0.25) is 0 Å². The van der Waals surface area contributed by atoms with Crippen LogP contribution in [0.1, 0.15) is 19.8 Å². The van der Waals surface area contributed by atoms with E-state index in [1.807, 2.05) is 25.1 Å². The number of methoxy groups -OCH3 is 1. The molecule has 2 aromatic rings. The van der Waals surface area contributed by atoms with Gasteiger partial charge >= 0.3 is 6.03 Å². The molecule has 2 N–H and O–H groups in total. The summed E-state index contributed by atoms with van der Waals surface area (Å²) in [4.78, 5) is 16.4. The molecular weight excluding hydrogens is 302 g/mol. The van der Waals surface area contributed by atoms with Crippen molar-refractivity contribution in [2.75, 3.05) is 19.0 Å².